The van der Waals surface area contributed by atoms with Crippen LogP contribution in [-0.2, 0) is 0 Å². The Morgan fingerprint density at radius 1 is 1.26 bits per heavy atom. The van der Waals surface area contributed by atoms with Crippen molar-refractivity contribution < 1.29 is 23.1 Å². The number of carbonyl (C=O) groups is 1. The molecule has 2 aromatic rings. The minimum Gasteiger partial charge on any atom is -0.476 e. The highest BCUT2D eigenvalue weighted by Gasteiger charge is 2.21. The van der Waals surface area contributed by atoms with Crippen molar-refractivity contribution in [3.8, 4) is 5.69 Å². The van der Waals surface area contributed by atoms with Crippen LogP contribution in [-0.4, -0.2) is 20.9 Å². The molecule has 0 aliphatic carbocycles. The van der Waals surface area contributed by atoms with Crippen molar-refractivity contribution in [1.82, 2.24) is 9.78 Å². The maximum Gasteiger partial charge on any atom is 0.357 e. The summed E-state index contributed by atoms with van der Waals surface area (Å²) in [6.07, 6.45) is 0. The smallest absolute Gasteiger partial charge is 0.357 e. The van der Waals surface area contributed by atoms with Crippen molar-refractivity contribution in [1.29, 1.82) is 0 Å². The Labute approximate surface area is 119 Å². The zero-order chi connectivity index (χ0) is 14.3. The van der Waals surface area contributed by atoms with Crippen LogP contribution in [0.1, 0.15) is 16.2 Å². The minimum atomic E-state index is -1.32. The molecule has 1 N–H and O–H groups in total. The number of carboxylic acids is 1. The van der Waals surface area contributed by atoms with E-state index in [1.54, 1.807) is 22.6 Å². The van der Waals surface area contributed by atoms with E-state index in [1.165, 1.54) is 6.92 Å². The number of hydrogen-bond acceptors (Lipinski definition) is 2. The summed E-state index contributed by atoms with van der Waals surface area (Å²) >= 11 is 1.74. The van der Waals surface area contributed by atoms with Crippen molar-refractivity contribution in [3.63, 3.8) is 0 Å². The summed E-state index contributed by atoms with van der Waals surface area (Å²) < 4.78 is 40.8. The lowest BCUT2D eigenvalue weighted by Crippen LogP contribution is -2.05. The first-order valence-corrected chi connectivity index (χ1v) is 6.04. The van der Waals surface area contributed by atoms with Gasteiger partial charge in [0.15, 0.2) is 23.1 Å². The van der Waals surface area contributed by atoms with E-state index in [1.807, 2.05) is 0 Å². The van der Waals surface area contributed by atoms with Gasteiger partial charge in [0.05, 0.1) is 9.26 Å². The maximum atomic E-state index is 13.6. The summed E-state index contributed by atoms with van der Waals surface area (Å²) in [5, 5.41) is 12.6. The van der Waals surface area contributed by atoms with E-state index in [2.05, 4.69) is 5.10 Å². The van der Waals surface area contributed by atoms with Crippen molar-refractivity contribution in [2.75, 3.05) is 0 Å². The minimum absolute atomic E-state index is 0.276. The maximum absolute atomic E-state index is 13.6. The van der Waals surface area contributed by atoms with Crippen molar-refractivity contribution in [2.24, 2.45) is 0 Å². The monoisotopic (exact) mass is 382 g/mol. The molecule has 0 spiro atoms. The number of benzene rings is 1. The summed E-state index contributed by atoms with van der Waals surface area (Å²) in [5.41, 5.74) is -0.299. The number of nitrogens with zero attached hydrogens (tertiary/aromatic N) is 2. The van der Waals surface area contributed by atoms with Crippen LogP contribution in [0.4, 0.5) is 13.2 Å². The SMILES string of the molecule is Cc1c(I)c(C(=O)O)nn1-c1cc(F)c(F)cc1F. The zero-order valence-electron chi connectivity index (χ0n) is 9.42. The standard InChI is InChI=1S/C11H6F3IN2O2/c1-4-9(15)10(11(18)19)16-17(4)8-3-6(13)5(12)2-7(8)14/h2-3H,1H3,(H,18,19). The molecule has 0 saturated carbocycles. The zero-order valence-corrected chi connectivity index (χ0v) is 11.6. The lowest BCUT2D eigenvalue weighted by molar-refractivity contribution is 0.0688. The molecule has 0 unspecified atom stereocenters. The van der Waals surface area contributed by atoms with Crippen LogP contribution in [0.3, 0.4) is 0 Å². The quantitative estimate of drug-likeness (QED) is 0.642. The van der Waals surface area contributed by atoms with Gasteiger partial charge in [-0.15, -0.1) is 0 Å². The topological polar surface area (TPSA) is 55.1 Å². The predicted octanol–water partition coefficient (Wildman–Crippen LogP) is 2.90. The van der Waals surface area contributed by atoms with Gasteiger partial charge < -0.3 is 5.11 Å². The van der Waals surface area contributed by atoms with Gasteiger partial charge in [0.2, 0.25) is 0 Å². The van der Waals surface area contributed by atoms with E-state index in [9.17, 15) is 18.0 Å². The van der Waals surface area contributed by atoms with Crippen LogP contribution in [0.25, 0.3) is 5.69 Å². The summed E-state index contributed by atoms with van der Waals surface area (Å²) in [6.45, 7) is 1.50. The molecule has 0 bridgehead atoms. The molecule has 0 fully saturated rings. The Morgan fingerprint density at radius 2 is 1.84 bits per heavy atom. The molecule has 1 aromatic carbocycles. The molecule has 2 rings (SSSR count). The second-order valence-corrected chi connectivity index (χ2v) is 4.76. The van der Waals surface area contributed by atoms with Gasteiger partial charge in [0.25, 0.3) is 0 Å². The van der Waals surface area contributed by atoms with E-state index in [4.69, 9.17) is 5.11 Å². The first-order chi connectivity index (χ1) is 8.82. The molecule has 0 amide bonds. The Bertz CT molecular complexity index is 685. The normalized spacial score (nSPS) is 10.8. The molecule has 0 aliphatic heterocycles. The molecule has 0 atom stereocenters. The van der Waals surface area contributed by atoms with E-state index in [0.29, 0.717) is 21.4 Å². The van der Waals surface area contributed by atoms with E-state index >= 15 is 0 Å². The lowest BCUT2D eigenvalue weighted by atomic mass is 10.2. The Morgan fingerprint density at radius 3 is 2.37 bits per heavy atom. The number of aromatic carboxylic acids is 1. The molecule has 19 heavy (non-hydrogen) atoms. The van der Waals surface area contributed by atoms with Gasteiger partial charge in [0, 0.05) is 12.1 Å². The molecule has 0 radical (unpaired) electrons. The Kier molecular flexibility index (Phi) is 3.52. The fourth-order valence-electron chi connectivity index (χ4n) is 1.53. The molecule has 0 aliphatic rings. The average molecular weight is 382 g/mol. The van der Waals surface area contributed by atoms with Crippen molar-refractivity contribution >= 4 is 28.6 Å². The highest BCUT2D eigenvalue weighted by molar-refractivity contribution is 14.1. The van der Waals surface area contributed by atoms with Gasteiger partial charge in [-0.05, 0) is 29.5 Å². The fraction of sp³-hybridized carbons (Fsp3) is 0.0909. The van der Waals surface area contributed by atoms with Crippen LogP contribution >= 0.6 is 22.6 Å². The summed E-state index contributed by atoms with van der Waals surface area (Å²) in [4.78, 5) is 10.9. The molecule has 0 saturated heterocycles. The van der Waals surface area contributed by atoms with Gasteiger partial charge >= 0.3 is 5.97 Å². The highest BCUT2D eigenvalue weighted by Crippen LogP contribution is 2.23. The highest BCUT2D eigenvalue weighted by atomic mass is 127. The van der Waals surface area contributed by atoms with Crippen LogP contribution < -0.4 is 0 Å². The number of halogens is 4. The third-order valence-electron chi connectivity index (χ3n) is 2.46. The summed E-state index contributed by atoms with van der Waals surface area (Å²) in [5.74, 6) is -4.87. The molecular weight excluding hydrogens is 376 g/mol. The summed E-state index contributed by atoms with van der Waals surface area (Å²) in [6, 6.07) is 1.02. The van der Waals surface area contributed by atoms with Crippen LogP contribution in [0, 0.1) is 27.9 Å². The number of hydrogen-bond donors (Lipinski definition) is 1. The first-order valence-electron chi connectivity index (χ1n) is 4.96. The molecule has 8 heteroatoms. The predicted molar refractivity (Wildman–Crippen MR) is 67.9 cm³/mol. The van der Waals surface area contributed by atoms with Crippen LogP contribution in [0.5, 0.6) is 0 Å². The average Bonchev–Trinajstić information content (AvgIpc) is 2.62. The third kappa shape index (κ3) is 2.31. The third-order valence-corrected chi connectivity index (χ3v) is 3.76. The second-order valence-electron chi connectivity index (χ2n) is 3.68. The van der Waals surface area contributed by atoms with Crippen molar-refractivity contribution in [3.05, 3.63) is 44.5 Å². The molecule has 4 nitrogen and oxygen atoms in total. The molecule has 1 aromatic heterocycles. The number of aromatic nitrogens is 2. The van der Waals surface area contributed by atoms with Crippen LogP contribution in [0.2, 0.25) is 0 Å². The number of carboxylic acid groups (broad SMARTS) is 1. The number of rotatable bonds is 2. The van der Waals surface area contributed by atoms with Gasteiger partial charge in [0.1, 0.15) is 5.69 Å². The van der Waals surface area contributed by atoms with Gasteiger partial charge in [-0.3, -0.25) is 0 Å². The molecule has 100 valence electrons. The second kappa shape index (κ2) is 4.83. The fourth-order valence-corrected chi connectivity index (χ4v) is 2.10. The largest absolute Gasteiger partial charge is 0.476 e. The van der Waals surface area contributed by atoms with Gasteiger partial charge in [-0.1, -0.05) is 0 Å². The van der Waals surface area contributed by atoms with Crippen LogP contribution in [0.15, 0.2) is 12.1 Å². The molecule has 1 heterocycles. The van der Waals surface area contributed by atoms with Gasteiger partial charge in [-0.25, -0.2) is 22.6 Å². The molecular formula is C11H6F3IN2O2. The van der Waals surface area contributed by atoms with E-state index in [0.717, 1.165) is 4.68 Å². The summed E-state index contributed by atoms with van der Waals surface area (Å²) in [7, 11) is 0. The Balaban J connectivity index is 2.69. The van der Waals surface area contributed by atoms with Gasteiger partial charge in [-0.2, -0.15) is 5.10 Å². The van der Waals surface area contributed by atoms with Crippen molar-refractivity contribution in [2.45, 2.75) is 6.92 Å². The first kappa shape index (κ1) is 13.8. The lowest BCUT2D eigenvalue weighted by Gasteiger charge is -2.06. The van der Waals surface area contributed by atoms with E-state index < -0.39 is 23.4 Å². The van der Waals surface area contributed by atoms with E-state index in [-0.39, 0.29) is 11.4 Å². The Hall–Kier alpha value is -1.58.